The van der Waals surface area contributed by atoms with Gasteiger partial charge in [-0.1, -0.05) is 43.7 Å². The van der Waals surface area contributed by atoms with Crippen molar-refractivity contribution in [1.29, 1.82) is 0 Å². The van der Waals surface area contributed by atoms with Crippen molar-refractivity contribution >= 4 is 5.91 Å². The lowest BCUT2D eigenvalue weighted by Crippen LogP contribution is -2.39. The molecular weight excluding hydrogens is 226 g/mol. The molecule has 0 aliphatic heterocycles. The van der Waals surface area contributed by atoms with Crippen LogP contribution in [-0.4, -0.2) is 23.7 Å². The Morgan fingerprint density at radius 2 is 1.89 bits per heavy atom. The zero-order valence-corrected chi connectivity index (χ0v) is 11.4. The van der Waals surface area contributed by atoms with Crippen molar-refractivity contribution in [2.24, 2.45) is 5.92 Å². The Morgan fingerprint density at radius 1 is 1.28 bits per heavy atom. The molecule has 0 heterocycles. The van der Waals surface area contributed by atoms with Crippen LogP contribution in [-0.2, 0) is 11.2 Å². The molecule has 2 N–H and O–H groups in total. The van der Waals surface area contributed by atoms with Gasteiger partial charge >= 0.3 is 0 Å². The van der Waals surface area contributed by atoms with E-state index < -0.39 is 0 Å². The second-order valence-corrected chi connectivity index (χ2v) is 5.24. The molecule has 100 valence electrons. The highest BCUT2D eigenvalue weighted by molar-refractivity contribution is 5.78. The van der Waals surface area contributed by atoms with E-state index in [0.29, 0.717) is 12.3 Å². The summed E-state index contributed by atoms with van der Waals surface area (Å²) in [6.45, 7) is 6.18. The maximum atomic E-state index is 11.8. The standard InChI is InChI=1S/C15H23NO2/c1-11(2)8-14(10-17)16-15(18)9-13-6-4-12(3)5-7-13/h4-7,11,14,17H,8-10H2,1-3H3,(H,16,18). The molecule has 0 spiro atoms. The number of hydrogen-bond acceptors (Lipinski definition) is 2. The molecule has 1 aromatic rings. The zero-order chi connectivity index (χ0) is 13.5. The number of carbonyl (C=O) groups is 1. The van der Waals surface area contributed by atoms with E-state index in [-0.39, 0.29) is 18.6 Å². The van der Waals surface area contributed by atoms with Crippen molar-refractivity contribution < 1.29 is 9.90 Å². The van der Waals surface area contributed by atoms with E-state index in [0.717, 1.165) is 12.0 Å². The van der Waals surface area contributed by atoms with E-state index in [9.17, 15) is 9.90 Å². The molecule has 0 aliphatic carbocycles. The average molecular weight is 249 g/mol. The second kappa shape index (κ2) is 7.17. The topological polar surface area (TPSA) is 49.3 Å². The third-order valence-corrected chi connectivity index (χ3v) is 2.83. The number of aliphatic hydroxyl groups excluding tert-OH is 1. The fourth-order valence-corrected chi connectivity index (χ4v) is 1.92. The van der Waals surface area contributed by atoms with Gasteiger partial charge in [-0.3, -0.25) is 4.79 Å². The first kappa shape index (κ1) is 14.7. The molecule has 0 aliphatic rings. The first-order chi connectivity index (χ1) is 8.51. The highest BCUT2D eigenvalue weighted by Crippen LogP contribution is 2.06. The molecule has 1 aromatic carbocycles. The van der Waals surface area contributed by atoms with Crippen molar-refractivity contribution in [2.75, 3.05) is 6.61 Å². The molecule has 0 radical (unpaired) electrons. The van der Waals surface area contributed by atoms with Crippen LogP contribution in [0.2, 0.25) is 0 Å². The van der Waals surface area contributed by atoms with Crippen molar-refractivity contribution in [3.05, 3.63) is 35.4 Å². The summed E-state index contributed by atoms with van der Waals surface area (Å²) in [5.74, 6) is 0.431. The van der Waals surface area contributed by atoms with Gasteiger partial charge in [-0.15, -0.1) is 0 Å². The first-order valence-electron chi connectivity index (χ1n) is 6.47. The lowest BCUT2D eigenvalue weighted by Gasteiger charge is -2.18. The largest absolute Gasteiger partial charge is 0.394 e. The molecule has 3 heteroatoms. The highest BCUT2D eigenvalue weighted by atomic mass is 16.3. The Bertz CT molecular complexity index is 371. The van der Waals surface area contributed by atoms with Gasteiger partial charge in [0.2, 0.25) is 5.91 Å². The van der Waals surface area contributed by atoms with Gasteiger partial charge in [0.05, 0.1) is 19.1 Å². The predicted molar refractivity (Wildman–Crippen MR) is 73.4 cm³/mol. The number of rotatable bonds is 6. The minimum atomic E-state index is -0.136. The third kappa shape index (κ3) is 5.32. The van der Waals surface area contributed by atoms with Gasteiger partial charge < -0.3 is 10.4 Å². The van der Waals surface area contributed by atoms with Crippen LogP contribution in [0, 0.1) is 12.8 Å². The molecule has 18 heavy (non-hydrogen) atoms. The number of benzene rings is 1. The van der Waals surface area contributed by atoms with Crippen LogP contribution in [0.1, 0.15) is 31.4 Å². The molecule has 0 saturated carbocycles. The summed E-state index contributed by atoms with van der Waals surface area (Å²) in [7, 11) is 0. The maximum absolute atomic E-state index is 11.8. The summed E-state index contributed by atoms with van der Waals surface area (Å²) in [6, 6.07) is 7.79. The second-order valence-electron chi connectivity index (χ2n) is 5.24. The predicted octanol–water partition coefficient (Wildman–Crippen LogP) is 2.06. The molecular formula is C15H23NO2. The van der Waals surface area contributed by atoms with E-state index in [1.54, 1.807) is 0 Å². The number of carbonyl (C=O) groups excluding carboxylic acids is 1. The minimum Gasteiger partial charge on any atom is -0.394 e. The molecule has 1 rings (SSSR count). The zero-order valence-electron chi connectivity index (χ0n) is 11.4. The smallest absolute Gasteiger partial charge is 0.224 e. The molecule has 0 saturated heterocycles. The Labute approximate surface area is 109 Å². The van der Waals surface area contributed by atoms with E-state index in [1.165, 1.54) is 5.56 Å². The molecule has 1 atom stereocenters. The maximum Gasteiger partial charge on any atom is 0.224 e. The summed E-state index contributed by atoms with van der Waals surface area (Å²) < 4.78 is 0. The van der Waals surface area contributed by atoms with Crippen LogP contribution in [0.15, 0.2) is 24.3 Å². The van der Waals surface area contributed by atoms with Gasteiger partial charge in [-0.25, -0.2) is 0 Å². The van der Waals surface area contributed by atoms with E-state index >= 15 is 0 Å². The third-order valence-electron chi connectivity index (χ3n) is 2.83. The number of aliphatic hydroxyl groups is 1. The Morgan fingerprint density at radius 3 is 2.39 bits per heavy atom. The molecule has 3 nitrogen and oxygen atoms in total. The van der Waals surface area contributed by atoms with Crippen molar-refractivity contribution in [3.8, 4) is 0 Å². The van der Waals surface area contributed by atoms with E-state index in [4.69, 9.17) is 0 Å². The highest BCUT2D eigenvalue weighted by Gasteiger charge is 2.13. The number of amides is 1. The lowest BCUT2D eigenvalue weighted by molar-refractivity contribution is -0.121. The van der Waals surface area contributed by atoms with Crippen LogP contribution in [0.4, 0.5) is 0 Å². The van der Waals surface area contributed by atoms with E-state index in [1.807, 2.05) is 31.2 Å². The number of nitrogens with one attached hydrogen (secondary N) is 1. The van der Waals surface area contributed by atoms with Crippen molar-refractivity contribution in [1.82, 2.24) is 5.32 Å². The van der Waals surface area contributed by atoms with Crippen LogP contribution in [0.5, 0.6) is 0 Å². The number of hydrogen-bond donors (Lipinski definition) is 2. The molecule has 0 aromatic heterocycles. The van der Waals surface area contributed by atoms with Gasteiger partial charge in [0.1, 0.15) is 0 Å². The molecule has 1 amide bonds. The van der Waals surface area contributed by atoms with Gasteiger partial charge in [0, 0.05) is 0 Å². The molecule has 1 unspecified atom stereocenters. The fraction of sp³-hybridized carbons (Fsp3) is 0.533. The quantitative estimate of drug-likeness (QED) is 0.810. The van der Waals surface area contributed by atoms with Gasteiger partial charge in [-0.05, 0) is 24.8 Å². The van der Waals surface area contributed by atoms with Gasteiger partial charge in [0.25, 0.3) is 0 Å². The average Bonchev–Trinajstić information content (AvgIpc) is 2.30. The van der Waals surface area contributed by atoms with Crippen molar-refractivity contribution in [3.63, 3.8) is 0 Å². The minimum absolute atomic E-state index is 0.00216. The van der Waals surface area contributed by atoms with Crippen LogP contribution < -0.4 is 5.32 Å². The number of aryl methyl sites for hydroxylation is 1. The first-order valence-corrected chi connectivity index (χ1v) is 6.47. The Hall–Kier alpha value is -1.35. The fourth-order valence-electron chi connectivity index (χ4n) is 1.92. The summed E-state index contributed by atoms with van der Waals surface area (Å²) in [5, 5.41) is 12.1. The SMILES string of the molecule is Cc1ccc(CC(=O)NC(CO)CC(C)C)cc1. The van der Waals surface area contributed by atoms with Crippen LogP contribution >= 0.6 is 0 Å². The summed E-state index contributed by atoms with van der Waals surface area (Å²) in [4.78, 5) is 11.8. The van der Waals surface area contributed by atoms with Gasteiger partial charge in [0.15, 0.2) is 0 Å². The molecule has 0 fully saturated rings. The Kier molecular flexibility index (Phi) is 5.86. The lowest BCUT2D eigenvalue weighted by atomic mass is 10.0. The molecule has 0 bridgehead atoms. The Balaban J connectivity index is 2.47. The summed E-state index contributed by atoms with van der Waals surface area (Å²) in [6.07, 6.45) is 1.17. The normalized spacial score (nSPS) is 12.5. The summed E-state index contributed by atoms with van der Waals surface area (Å²) >= 11 is 0. The monoisotopic (exact) mass is 249 g/mol. The van der Waals surface area contributed by atoms with Gasteiger partial charge in [-0.2, -0.15) is 0 Å². The summed E-state index contributed by atoms with van der Waals surface area (Å²) in [5.41, 5.74) is 2.19. The van der Waals surface area contributed by atoms with E-state index in [2.05, 4.69) is 19.2 Å². The van der Waals surface area contributed by atoms with Crippen LogP contribution in [0.25, 0.3) is 0 Å². The van der Waals surface area contributed by atoms with Crippen LogP contribution in [0.3, 0.4) is 0 Å². The van der Waals surface area contributed by atoms with Crippen molar-refractivity contribution in [2.45, 2.75) is 39.7 Å².